The minimum atomic E-state index is -0.176. The zero-order chi connectivity index (χ0) is 19.1. The van der Waals surface area contributed by atoms with E-state index in [1.54, 1.807) is 5.57 Å². The van der Waals surface area contributed by atoms with E-state index in [-0.39, 0.29) is 12.0 Å². The van der Waals surface area contributed by atoms with Crippen LogP contribution in [0.25, 0.3) is 5.57 Å². The fourth-order valence-corrected chi connectivity index (χ4v) is 6.61. The van der Waals surface area contributed by atoms with E-state index in [0.29, 0.717) is 17.8 Å². The van der Waals surface area contributed by atoms with E-state index in [1.165, 1.54) is 42.4 Å². The third kappa shape index (κ3) is 2.94. The molecule has 1 N–H and O–H groups in total. The lowest BCUT2D eigenvalue weighted by Crippen LogP contribution is -2.37. The Morgan fingerprint density at radius 2 is 1.93 bits per heavy atom. The van der Waals surface area contributed by atoms with Crippen molar-refractivity contribution in [2.24, 2.45) is 11.3 Å². The first-order valence-corrected chi connectivity index (χ1v) is 11.4. The standard InChI is InChI=1S/C25H32O3/c26-15-3-13-25-14-12-21-20-9-7-19(28-18-4-1-2-5-18)16-17(20)6-8-22(21)23(25)10-11-24(25)27/h7,9,16,18,23,26H,1-6,8,10-15H2/t23-,25-/m0/s1. The van der Waals surface area contributed by atoms with E-state index >= 15 is 0 Å². The lowest BCUT2D eigenvalue weighted by Gasteiger charge is -2.43. The number of benzene rings is 1. The van der Waals surface area contributed by atoms with Crippen LogP contribution in [0, 0.1) is 11.3 Å². The maximum Gasteiger partial charge on any atom is 0.139 e. The smallest absolute Gasteiger partial charge is 0.139 e. The van der Waals surface area contributed by atoms with Gasteiger partial charge in [0.2, 0.25) is 0 Å². The van der Waals surface area contributed by atoms with Gasteiger partial charge in [0, 0.05) is 18.4 Å². The molecule has 4 aliphatic carbocycles. The Kier molecular flexibility index (Phi) is 4.82. The van der Waals surface area contributed by atoms with Crippen LogP contribution in [0.2, 0.25) is 0 Å². The van der Waals surface area contributed by atoms with Crippen LogP contribution in [0.15, 0.2) is 23.8 Å². The maximum absolute atomic E-state index is 12.8. The number of fused-ring (bicyclic) bond motifs is 4. The van der Waals surface area contributed by atoms with Gasteiger partial charge in [-0.15, -0.1) is 0 Å². The van der Waals surface area contributed by atoms with Crippen molar-refractivity contribution < 1.29 is 14.6 Å². The highest BCUT2D eigenvalue weighted by Crippen LogP contribution is 2.58. The lowest BCUT2D eigenvalue weighted by atomic mass is 9.60. The Labute approximate surface area is 168 Å². The van der Waals surface area contributed by atoms with Crippen LogP contribution in [0.5, 0.6) is 5.75 Å². The van der Waals surface area contributed by atoms with Crippen molar-refractivity contribution in [1.29, 1.82) is 0 Å². The molecular formula is C25H32O3. The Bertz CT molecular complexity index is 802. The number of hydrogen-bond acceptors (Lipinski definition) is 3. The highest BCUT2D eigenvalue weighted by molar-refractivity contribution is 5.90. The van der Waals surface area contributed by atoms with Gasteiger partial charge in [0.05, 0.1) is 6.10 Å². The molecule has 0 unspecified atom stereocenters. The molecule has 0 radical (unpaired) electrons. The van der Waals surface area contributed by atoms with Gasteiger partial charge < -0.3 is 9.84 Å². The molecule has 0 bridgehead atoms. The van der Waals surface area contributed by atoms with Crippen molar-refractivity contribution in [2.75, 3.05) is 6.61 Å². The summed E-state index contributed by atoms with van der Waals surface area (Å²) >= 11 is 0. The number of ketones is 1. The number of carbonyl (C=O) groups excluding carboxylic acids is 1. The monoisotopic (exact) mass is 380 g/mol. The number of aliphatic hydroxyl groups is 1. The molecule has 0 amide bonds. The summed E-state index contributed by atoms with van der Waals surface area (Å²) in [6, 6.07) is 6.73. The highest BCUT2D eigenvalue weighted by Gasteiger charge is 2.52. The molecule has 4 aliphatic rings. The van der Waals surface area contributed by atoms with E-state index in [9.17, 15) is 9.90 Å². The van der Waals surface area contributed by atoms with Crippen LogP contribution in [0.3, 0.4) is 0 Å². The average Bonchev–Trinajstić information content (AvgIpc) is 3.34. The number of aliphatic hydroxyl groups excluding tert-OH is 1. The fourth-order valence-electron chi connectivity index (χ4n) is 6.61. The van der Waals surface area contributed by atoms with E-state index in [2.05, 4.69) is 18.2 Å². The van der Waals surface area contributed by atoms with Crippen LogP contribution in [0.1, 0.15) is 81.8 Å². The van der Waals surface area contributed by atoms with Crippen molar-refractivity contribution in [2.45, 2.75) is 83.2 Å². The Morgan fingerprint density at radius 1 is 1.07 bits per heavy atom. The van der Waals surface area contributed by atoms with E-state index in [0.717, 1.165) is 57.1 Å². The molecule has 3 heteroatoms. The van der Waals surface area contributed by atoms with Crippen molar-refractivity contribution in [3.05, 3.63) is 34.9 Å². The van der Waals surface area contributed by atoms with Gasteiger partial charge in [0.15, 0.2) is 0 Å². The predicted molar refractivity (Wildman–Crippen MR) is 110 cm³/mol. The van der Waals surface area contributed by atoms with Crippen LogP contribution in [-0.4, -0.2) is 23.6 Å². The van der Waals surface area contributed by atoms with E-state index in [1.807, 2.05) is 0 Å². The van der Waals surface area contributed by atoms with Crippen LogP contribution in [0.4, 0.5) is 0 Å². The third-order valence-electron chi connectivity index (χ3n) is 7.96. The molecule has 2 atom stereocenters. The normalized spacial score (nSPS) is 29.6. The van der Waals surface area contributed by atoms with Crippen LogP contribution in [-0.2, 0) is 11.2 Å². The first-order valence-electron chi connectivity index (χ1n) is 11.4. The largest absolute Gasteiger partial charge is 0.490 e. The first-order chi connectivity index (χ1) is 13.7. The summed E-state index contributed by atoms with van der Waals surface area (Å²) in [5.74, 6) is 1.92. The summed E-state index contributed by atoms with van der Waals surface area (Å²) in [6.07, 6.45) is 12.9. The number of Topliss-reactive ketones (excluding diaryl/α,β-unsaturated/α-hetero) is 1. The number of carbonyl (C=O) groups is 1. The molecule has 2 saturated carbocycles. The molecule has 28 heavy (non-hydrogen) atoms. The number of allylic oxidation sites excluding steroid dienone is 2. The topological polar surface area (TPSA) is 46.5 Å². The number of ether oxygens (including phenoxy) is 1. The van der Waals surface area contributed by atoms with Crippen molar-refractivity contribution in [3.8, 4) is 5.75 Å². The minimum Gasteiger partial charge on any atom is -0.490 e. The van der Waals surface area contributed by atoms with Gasteiger partial charge in [-0.25, -0.2) is 0 Å². The zero-order valence-electron chi connectivity index (χ0n) is 16.8. The molecule has 1 aromatic carbocycles. The van der Waals surface area contributed by atoms with Crippen LogP contribution < -0.4 is 4.74 Å². The molecule has 0 saturated heterocycles. The summed E-state index contributed by atoms with van der Waals surface area (Å²) in [6.45, 7) is 0.195. The molecule has 1 aromatic rings. The van der Waals surface area contributed by atoms with Gasteiger partial charge in [-0.05, 0) is 105 Å². The summed E-state index contributed by atoms with van der Waals surface area (Å²) in [5, 5.41) is 9.36. The SMILES string of the molecule is O=C1CC[C@H]2C3=C(CC[C@]12CCCO)c1ccc(OC2CCCC2)cc1CC3. The second-order valence-corrected chi connectivity index (χ2v) is 9.34. The number of aryl methyl sites for hydroxylation is 1. The number of hydrogen-bond donors (Lipinski definition) is 1. The molecule has 0 spiro atoms. The van der Waals surface area contributed by atoms with Gasteiger partial charge in [-0.2, -0.15) is 0 Å². The van der Waals surface area contributed by atoms with Gasteiger partial charge in [-0.3, -0.25) is 4.79 Å². The fraction of sp³-hybridized carbons (Fsp3) is 0.640. The molecule has 3 nitrogen and oxygen atoms in total. The minimum absolute atomic E-state index is 0.176. The summed E-state index contributed by atoms with van der Waals surface area (Å²) < 4.78 is 6.24. The zero-order valence-corrected chi connectivity index (χ0v) is 16.8. The molecular weight excluding hydrogens is 348 g/mol. The summed E-state index contributed by atoms with van der Waals surface area (Å²) in [7, 11) is 0. The van der Waals surface area contributed by atoms with E-state index < -0.39 is 0 Å². The lowest BCUT2D eigenvalue weighted by molar-refractivity contribution is -0.128. The second-order valence-electron chi connectivity index (χ2n) is 9.34. The van der Waals surface area contributed by atoms with Crippen molar-refractivity contribution >= 4 is 11.4 Å². The quantitative estimate of drug-likeness (QED) is 0.760. The molecule has 5 rings (SSSR count). The highest BCUT2D eigenvalue weighted by atomic mass is 16.5. The first kappa shape index (κ1) is 18.4. The van der Waals surface area contributed by atoms with Crippen molar-refractivity contribution in [1.82, 2.24) is 0 Å². The summed E-state index contributed by atoms with van der Waals surface area (Å²) in [4.78, 5) is 12.8. The predicted octanol–water partition coefficient (Wildman–Crippen LogP) is 5.24. The Balaban J connectivity index is 1.44. The third-order valence-corrected chi connectivity index (χ3v) is 7.96. The summed E-state index contributed by atoms with van der Waals surface area (Å²) in [5.41, 5.74) is 5.75. The molecule has 150 valence electrons. The van der Waals surface area contributed by atoms with Gasteiger partial charge in [0.1, 0.15) is 11.5 Å². The van der Waals surface area contributed by atoms with Gasteiger partial charge >= 0.3 is 0 Å². The molecule has 0 heterocycles. The van der Waals surface area contributed by atoms with Crippen molar-refractivity contribution in [3.63, 3.8) is 0 Å². The number of rotatable bonds is 5. The molecule has 0 aromatic heterocycles. The Morgan fingerprint density at radius 3 is 2.75 bits per heavy atom. The molecule has 0 aliphatic heterocycles. The maximum atomic E-state index is 12.8. The second kappa shape index (κ2) is 7.33. The van der Waals surface area contributed by atoms with Crippen LogP contribution >= 0.6 is 0 Å². The van der Waals surface area contributed by atoms with Gasteiger partial charge in [-0.1, -0.05) is 11.6 Å². The average molecular weight is 381 g/mol. The Hall–Kier alpha value is -1.61. The van der Waals surface area contributed by atoms with E-state index in [4.69, 9.17) is 4.74 Å². The van der Waals surface area contributed by atoms with Gasteiger partial charge in [0.25, 0.3) is 0 Å². The molecule has 2 fully saturated rings.